The van der Waals surface area contributed by atoms with E-state index in [2.05, 4.69) is 19.2 Å². The third kappa shape index (κ3) is 3.84. The third-order valence-corrected chi connectivity index (χ3v) is 6.84. The summed E-state index contributed by atoms with van der Waals surface area (Å²) >= 11 is 1.55. The molecule has 1 saturated heterocycles. The average Bonchev–Trinajstić information content (AvgIpc) is 3.03. The van der Waals surface area contributed by atoms with Crippen molar-refractivity contribution in [1.29, 1.82) is 0 Å². The lowest BCUT2D eigenvalue weighted by atomic mass is 10.3. The van der Waals surface area contributed by atoms with Gasteiger partial charge < -0.3 is 10.1 Å². The monoisotopic (exact) mass is 332 g/mol. The summed E-state index contributed by atoms with van der Waals surface area (Å²) in [6, 6.07) is 2.19. The van der Waals surface area contributed by atoms with Crippen LogP contribution in [0.3, 0.4) is 0 Å². The number of nitrogens with one attached hydrogen (secondary N) is 1. The quantitative estimate of drug-likeness (QED) is 0.865. The maximum Gasteiger partial charge on any atom is 0.244 e. The average molecular weight is 332 g/mol. The first-order valence-corrected chi connectivity index (χ1v) is 9.46. The number of aryl methyl sites for hydroxylation is 1. The van der Waals surface area contributed by atoms with E-state index in [9.17, 15) is 8.42 Å². The summed E-state index contributed by atoms with van der Waals surface area (Å²) in [6.45, 7) is 7.73. The van der Waals surface area contributed by atoms with Gasteiger partial charge in [0.1, 0.15) is 0 Å². The normalized spacial score (nSPS) is 20.5. The maximum atomic E-state index is 12.7. The Balaban J connectivity index is 2.17. The molecule has 0 saturated carbocycles. The number of hydrogen-bond donors (Lipinski definition) is 1. The molecule has 1 atom stereocenters. The van der Waals surface area contributed by atoms with Crippen molar-refractivity contribution in [2.24, 2.45) is 0 Å². The van der Waals surface area contributed by atoms with Crippen LogP contribution in [-0.2, 0) is 21.3 Å². The zero-order valence-electron chi connectivity index (χ0n) is 13.0. The number of rotatable bonds is 6. The summed E-state index contributed by atoms with van der Waals surface area (Å²) in [6.07, 6.45) is 0.779. The van der Waals surface area contributed by atoms with Crippen molar-refractivity contribution in [2.75, 3.05) is 20.2 Å². The summed E-state index contributed by atoms with van der Waals surface area (Å²) in [5, 5.41) is 3.32. The van der Waals surface area contributed by atoms with Crippen LogP contribution in [0.2, 0.25) is 0 Å². The van der Waals surface area contributed by atoms with Crippen LogP contribution < -0.4 is 5.32 Å². The second-order valence-electron chi connectivity index (χ2n) is 5.68. The summed E-state index contributed by atoms with van der Waals surface area (Å²) in [5.74, 6) is 0. The van der Waals surface area contributed by atoms with Gasteiger partial charge in [-0.3, -0.25) is 0 Å². The van der Waals surface area contributed by atoms with Gasteiger partial charge in [0.2, 0.25) is 10.0 Å². The van der Waals surface area contributed by atoms with E-state index in [-0.39, 0.29) is 6.10 Å². The molecule has 1 unspecified atom stereocenters. The SMILES string of the molecule is COC1CCN(S(=O)(=O)c2cc(CNC(C)C)sc2C)C1. The van der Waals surface area contributed by atoms with E-state index < -0.39 is 10.0 Å². The zero-order valence-corrected chi connectivity index (χ0v) is 14.7. The van der Waals surface area contributed by atoms with Crippen molar-refractivity contribution >= 4 is 21.4 Å². The highest BCUT2D eigenvalue weighted by molar-refractivity contribution is 7.89. The van der Waals surface area contributed by atoms with E-state index in [1.807, 2.05) is 13.0 Å². The largest absolute Gasteiger partial charge is 0.380 e. The van der Waals surface area contributed by atoms with Gasteiger partial charge in [-0.25, -0.2) is 8.42 Å². The van der Waals surface area contributed by atoms with Crippen molar-refractivity contribution < 1.29 is 13.2 Å². The van der Waals surface area contributed by atoms with Crippen LogP contribution in [0, 0.1) is 6.92 Å². The van der Waals surface area contributed by atoms with E-state index in [0.717, 1.165) is 16.2 Å². The molecule has 5 nitrogen and oxygen atoms in total. The minimum Gasteiger partial charge on any atom is -0.380 e. The molecule has 21 heavy (non-hydrogen) atoms. The summed E-state index contributed by atoms with van der Waals surface area (Å²) in [4.78, 5) is 2.36. The van der Waals surface area contributed by atoms with Crippen molar-refractivity contribution in [3.63, 3.8) is 0 Å². The van der Waals surface area contributed by atoms with Gasteiger partial charge in [-0.1, -0.05) is 13.8 Å². The van der Waals surface area contributed by atoms with Gasteiger partial charge in [0.05, 0.1) is 11.0 Å². The lowest BCUT2D eigenvalue weighted by Crippen LogP contribution is -2.30. The molecule has 0 amide bonds. The molecule has 1 fully saturated rings. The molecule has 1 N–H and O–H groups in total. The van der Waals surface area contributed by atoms with Crippen molar-refractivity contribution in [3.05, 3.63) is 15.8 Å². The van der Waals surface area contributed by atoms with Crippen molar-refractivity contribution in [3.8, 4) is 0 Å². The summed E-state index contributed by atoms with van der Waals surface area (Å²) in [7, 11) is -1.76. The zero-order chi connectivity index (χ0) is 15.6. The number of hydrogen-bond acceptors (Lipinski definition) is 5. The van der Waals surface area contributed by atoms with E-state index >= 15 is 0 Å². The number of nitrogens with zero attached hydrogens (tertiary/aromatic N) is 1. The van der Waals surface area contributed by atoms with Crippen LogP contribution in [0.1, 0.15) is 30.0 Å². The lowest BCUT2D eigenvalue weighted by molar-refractivity contribution is 0.115. The first-order valence-electron chi connectivity index (χ1n) is 7.20. The van der Waals surface area contributed by atoms with E-state index in [0.29, 0.717) is 30.6 Å². The van der Waals surface area contributed by atoms with Crippen LogP contribution in [0.25, 0.3) is 0 Å². The third-order valence-electron chi connectivity index (χ3n) is 3.67. The predicted molar refractivity (Wildman–Crippen MR) is 85.2 cm³/mol. The lowest BCUT2D eigenvalue weighted by Gasteiger charge is -2.15. The molecule has 0 aromatic carbocycles. The van der Waals surface area contributed by atoms with Crippen LogP contribution >= 0.6 is 11.3 Å². The van der Waals surface area contributed by atoms with Crippen molar-refractivity contribution in [2.45, 2.75) is 50.8 Å². The van der Waals surface area contributed by atoms with Crippen LogP contribution in [0.5, 0.6) is 0 Å². The molecule has 0 spiro atoms. The molecule has 120 valence electrons. The second-order valence-corrected chi connectivity index (χ2v) is 8.93. The van der Waals surface area contributed by atoms with Gasteiger partial charge >= 0.3 is 0 Å². The fraction of sp³-hybridized carbons (Fsp3) is 0.714. The fourth-order valence-electron chi connectivity index (χ4n) is 2.42. The molecule has 1 aliphatic rings. The van der Waals surface area contributed by atoms with E-state index in [1.54, 1.807) is 18.4 Å². The van der Waals surface area contributed by atoms with Crippen molar-refractivity contribution in [1.82, 2.24) is 9.62 Å². The number of thiophene rings is 1. The Morgan fingerprint density at radius 3 is 2.81 bits per heavy atom. The maximum absolute atomic E-state index is 12.7. The van der Waals surface area contributed by atoms with Gasteiger partial charge in [0.15, 0.2) is 0 Å². The van der Waals surface area contributed by atoms with Gasteiger partial charge in [0, 0.05) is 42.5 Å². The van der Waals surface area contributed by atoms with E-state index in [1.165, 1.54) is 4.31 Å². The standard InChI is InChI=1S/C14H24N2O3S2/c1-10(2)15-8-13-7-14(11(3)20-13)21(17,18)16-6-5-12(9-16)19-4/h7,10,12,15H,5-6,8-9H2,1-4H3. The molecule has 1 aliphatic heterocycles. The molecular weight excluding hydrogens is 308 g/mol. The Morgan fingerprint density at radius 2 is 2.24 bits per heavy atom. The molecule has 0 radical (unpaired) electrons. The van der Waals surface area contributed by atoms with Crippen LogP contribution in [0.4, 0.5) is 0 Å². The van der Waals surface area contributed by atoms with Gasteiger partial charge in [-0.05, 0) is 19.4 Å². The Hall–Kier alpha value is -0.470. The highest BCUT2D eigenvalue weighted by Gasteiger charge is 2.34. The Labute approximate surface area is 131 Å². The smallest absolute Gasteiger partial charge is 0.244 e. The Morgan fingerprint density at radius 1 is 1.52 bits per heavy atom. The van der Waals surface area contributed by atoms with Gasteiger partial charge in [-0.2, -0.15) is 4.31 Å². The molecule has 1 aromatic rings. The Bertz CT molecular complexity index is 581. The first-order chi connectivity index (χ1) is 9.84. The highest BCUT2D eigenvalue weighted by Crippen LogP contribution is 2.30. The number of methoxy groups -OCH3 is 1. The molecule has 0 aliphatic carbocycles. The summed E-state index contributed by atoms with van der Waals surface area (Å²) < 4.78 is 32.2. The second kappa shape index (κ2) is 6.75. The molecule has 2 heterocycles. The predicted octanol–water partition coefficient (Wildman–Crippen LogP) is 1.96. The van der Waals surface area contributed by atoms with Gasteiger partial charge in [0.25, 0.3) is 0 Å². The fourth-order valence-corrected chi connectivity index (χ4v) is 5.46. The molecule has 1 aromatic heterocycles. The molecular formula is C14H24N2O3S2. The Kier molecular flexibility index (Phi) is 5.43. The highest BCUT2D eigenvalue weighted by atomic mass is 32.2. The van der Waals surface area contributed by atoms with Gasteiger partial charge in [-0.15, -0.1) is 11.3 Å². The van der Waals surface area contributed by atoms with Crippen LogP contribution in [0.15, 0.2) is 11.0 Å². The molecule has 2 rings (SSSR count). The number of sulfonamides is 1. The minimum atomic E-state index is -3.39. The summed E-state index contributed by atoms with van der Waals surface area (Å²) in [5.41, 5.74) is 0. The van der Waals surface area contributed by atoms with Crippen LogP contribution in [-0.4, -0.2) is 45.1 Å². The minimum absolute atomic E-state index is 0.0146. The molecule has 7 heteroatoms. The molecule has 0 bridgehead atoms. The van der Waals surface area contributed by atoms with E-state index in [4.69, 9.17) is 4.74 Å². The number of ether oxygens (including phenoxy) is 1. The first kappa shape index (κ1) is 16.9. The topological polar surface area (TPSA) is 58.6 Å².